The molecule has 1 aromatic heterocycles. The molecule has 0 saturated carbocycles. The zero-order chi connectivity index (χ0) is 42.1. The molecule has 0 N–H and O–H groups in total. The number of nitrogens with zero attached hydrogens (tertiary/aromatic N) is 2. The molecule has 3 aliphatic rings. The summed E-state index contributed by atoms with van der Waals surface area (Å²) in [7, 11) is 0. The van der Waals surface area contributed by atoms with E-state index >= 15 is 0 Å². The third kappa shape index (κ3) is 5.37. The van der Waals surface area contributed by atoms with E-state index < -0.39 is 0 Å². The Bertz CT molecular complexity index is 3530. The first-order chi connectivity index (χ1) is 30.8. The number of anilines is 5. The molecule has 0 fully saturated rings. The van der Waals surface area contributed by atoms with Gasteiger partial charge in [0.25, 0.3) is 0 Å². The fourth-order valence-corrected chi connectivity index (χ4v) is 10.3. The largest absolute Gasteiger partial charge is 0.455 e. The summed E-state index contributed by atoms with van der Waals surface area (Å²) in [5.74, 6) is 2.77. The van der Waals surface area contributed by atoms with E-state index in [1.165, 1.54) is 38.5 Å². The zero-order valence-electron chi connectivity index (χ0n) is 35.4. The third-order valence-corrected chi connectivity index (χ3v) is 13.3. The molecular weight excluding hydrogens is 771 g/mol. The lowest BCUT2D eigenvalue weighted by Gasteiger charge is -2.46. The molecule has 0 spiro atoms. The highest BCUT2D eigenvalue weighted by atomic mass is 16.6. The Morgan fingerprint density at radius 3 is 1.92 bits per heavy atom. The van der Waals surface area contributed by atoms with Crippen LogP contribution in [0.15, 0.2) is 180 Å². The van der Waals surface area contributed by atoms with Crippen LogP contribution in [0.1, 0.15) is 31.9 Å². The molecule has 9 aromatic carbocycles. The number of fused-ring (bicyclic) bond motifs is 11. The molecule has 300 valence electrons. The third-order valence-electron chi connectivity index (χ3n) is 13.3. The van der Waals surface area contributed by atoms with Crippen LogP contribution in [0.4, 0.5) is 28.4 Å². The van der Waals surface area contributed by atoms with Crippen LogP contribution in [-0.4, -0.2) is 6.85 Å². The normalized spacial score (nSPS) is 13.6. The van der Waals surface area contributed by atoms with E-state index in [0.29, 0.717) is 23.0 Å². The lowest BCUT2D eigenvalue weighted by Crippen LogP contribution is -2.61. The quantitative estimate of drug-likeness (QED) is 0.166. The second-order valence-electron chi connectivity index (χ2n) is 18.2. The molecule has 5 nitrogen and oxygen atoms in total. The second kappa shape index (κ2) is 13.2. The lowest BCUT2D eigenvalue weighted by molar-refractivity contribution is 0.360. The molecule has 6 heteroatoms. The molecule has 0 saturated heterocycles. The van der Waals surface area contributed by atoms with Gasteiger partial charge in [0.05, 0.1) is 0 Å². The molecule has 0 bridgehead atoms. The van der Waals surface area contributed by atoms with Crippen molar-refractivity contribution in [3.8, 4) is 45.3 Å². The van der Waals surface area contributed by atoms with Crippen molar-refractivity contribution >= 4 is 78.9 Å². The molecular formula is C57H41BN2O3. The van der Waals surface area contributed by atoms with E-state index in [1.54, 1.807) is 0 Å². The fraction of sp³-hybridized carbons (Fsp3) is 0.0877. The fourth-order valence-electron chi connectivity index (χ4n) is 10.3. The van der Waals surface area contributed by atoms with Crippen LogP contribution in [0.3, 0.4) is 0 Å². The monoisotopic (exact) mass is 812 g/mol. The smallest absolute Gasteiger partial charge is 0.333 e. The maximum Gasteiger partial charge on any atom is 0.333 e. The number of hydrogen-bond donors (Lipinski definition) is 0. The topological polar surface area (TPSA) is 38.1 Å². The number of para-hydroxylation sites is 3. The Labute approximate surface area is 366 Å². The summed E-state index contributed by atoms with van der Waals surface area (Å²) in [6.07, 6.45) is 0. The number of hydrogen-bond acceptors (Lipinski definition) is 5. The summed E-state index contributed by atoms with van der Waals surface area (Å²) < 4.78 is 20.5. The van der Waals surface area contributed by atoms with Gasteiger partial charge in [0.15, 0.2) is 23.0 Å². The van der Waals surface area contributed by atoms with Gasteiger partial charge in [-0.25, -0.2) is 0 Å². The van der Waals surface area contributed by atoms with Crippen LogP contribution in [0.5, 0.6) is 23.0 Å². The Hall–Kier alpha value is -7.70. The maximum atomic E-state index is 7.05. The van der Waals surface area contributed by atoms with Crippen molar-refractivity contribution in [1.82, 2.24) is 0 Å². The zero-order valence-corrected chi connectivity index (χ0v) is 35.4. The summed E-state index contributed by atoms with van der Waals surface area (Å²) in [5, 5.41) is 4.53. The van der Waals surface area contributed by atoms with Gasteiger partial charge >= 0.3 is 6.85 Å². The molecule has 10 aromatic rings. The minimum atomic E-state index is -0.282. The Balaban J connectivity index is 1.17. The van der Waals surface area contributed by atoms with Gasteiger partial charge in [0.1, 0.15) is 11.2 Å². The number of furan rings is 1. The molecule has 0 aliphatic carbocycles. The summed E-state index contributed by atoms with van der Waals surface area (Å²) in [6, 6.07) is 63.2. The molecule has 0 atom stereocenters. The molecule has 0 radical (unpaired) electrons. The summed E-state index contributed by atoms with van der Waals surface area (Å²) in [6.45, 7) is 8.79. The SMILES string of the molecule is Cc1cc(C(C)(C)C)ccc1N1c2cc3c(cc2B2c4c1cc1c(oc5ccccc51)c4-c1cc4ccccc4cc1N2c1ccc(-c2ccccc2)cc1)Oc1ccccc1O3. The molecule has 63 heavy (non-hydrogen) atoms. The van der Waals surface area contributed by atoms with Crippen molar-refractivity contribution < 1.29 is 13.9 Å². The van der Waals surface area contributed by atoms with Crippen LogP contribution in [0.25, 0.3) is 55.0 Å². The van der Waals surface area contributed by atoms with E-state index in [9.17, 15) is 0 Å². The highest BCUT2D eigenvalue weighted by Crippen LogP contribution is 2.54. The molecule has 13 rings (SSSR count). The first-order valence-corrected chi connectivity index (χ1v) is 21.8. The number of aryl methyl sites for hydroxylation is 1. The van der Waals surface area contributed by atoms with Crippen molar-refractivity contribution in [3.05, 3.63) is 187 Å². The first kappa shape index (κ1) is 36.0. The van der Waals surface area contributed by atoms with Gasteiger partial charge in [0.2, 0.25) is 0 Å². The van der Waals surface area contributed by atoms with Crippen LogP contribution in [0.2, 0.25) is 0 Å². The van der Waals surface area contributed by atoms with Gasteiger partial charge in [-0.15, -0.1) is 0 Å². The Morgan fingerprint density at radius 1 is 0.508 bits per heavy atom. The number of benzene rings is 9. The van der Waals surface area contributed by atoms with Crippen molar-refractivity contribution in [2.75, 3.05) is 9.71 Å². The van der Waals surface area contributed by atoms with Gasteiger partial charge in [0, 0.05) is 56.4 Å². The van der Waals surface area contributed by atoms with Gasteiger partial charge in [-0.3, -0.25) is 0 Å². The summed E-state index contributed by atoms with van der Waals surface area (Å²) >= 11 is 0. The average Bonchev–Trinajstić information content (AvgIpc) is 3.68. The van der Waals surface area contributed by atoms with Crippen LogP contribution >= 0.6 is 0 Å². The number of ether oxygens (including phenoxy) is 2. The van der Waals surface area contributed by atoms with E-state index in [1.807, 2.05) is 24.3 Å². The predicted octanol–water partition coefficient (Wildman–Crippen LogP) is 14.6. The molecule has 4 heterocycles. The predicted molar refractivity (Wildman–Crippen MR) is 260 cm³/mol. The Morgan fingerprint density at radius 2 is 1.17 bits per heavy atom. The van der Waals surface area contributed by atoms with Gasteiger partial charge in [-0.1, -0.05) is 130 Å². The van der Waals surface area contributed by atoms with Gasteiger partial charge < -0.3 is 23.6 Å². The standard InChI is InChI=1S/C57H41BN2O3/c1-34-28-39(57(2,3)4)24-27-45(34)59-47-33-53-52(61-50-20-12-13-21-51(50)62-53)32-44(47)58-55-48(59)31-42-41-18-10-11-19-49(41)63-56(42)54(55)43-29-37-16-8-9-17-38(37)30-46(43)60(58)40-25-22-36(23-26-40)35-14-6-5-7-15-35/h5-33H,1-4H3. The van der Waals surface area contributed by atoms with Crippen LogP contribution in [-0.2, 0) is 5.41 Å². The molecule has 0 unspecified atom stereocenters. The summed E-state index contributed by atoms with van der Waals surface area (Å²) in [4.78, 5) is 5.02. The molecule has 3 aliphatic heterocycles. The maximum absolute atomic E-state index is 7.05. The van der Waals surface area contributed by atoms with Crippen molar-refractivity contribution in [1.29, 1.82) is 0 Å². The average molecular weight is 813 g/mol. The highest BCUT2D eigenvalue weighted by molar-refractivity contribution is 6.94. The molecule has 0 amide bonds. The van der Waals surface area contributed by atoms with Crippen molar-refractivity contribution in [3.63, 3.8) is 0 Å². The van der Waals surface area contributed by atoms with Gasteiger partial charge in [-0.2, -0.15) is 0 Å². The van der Waals surface area contributed by atoms with Crippen molar-refractivity contribution in [2.24, 2.45) is 0 Å². The Kier molecular flexibility index (Phi) is 7.52. The van der Waals surface area contributed by atoms with Crippen LogP contribution in [0, 0.1) is 6.92 Å². The van der Waals surface area contributed by atoms with Crippen molar-refractivity contribution in [2.45, 2.75) is 33.1 Å². The first-order valence-electron chi connectivity index (χ1n) is 21.8. The minimum Gasteiger partial charge on any atom is -0.455 e. The van der Waals surface area contributed by atoms with E-state index in [2.05, 4.69) is 189 Å². The lowest BCUT2D eigenvalue weighted by atomic mass is 9.43. The van der Waals surface area contributed by atoms with Gasteiger partial charge in [-0.05, 0) is 117 Å². The number of rotatable bonds is 3. The summed E-state index contributed by atoms with van der Waals surface area (Å²) in [5.41, 5.74) is 16.6. The second-order valence-corrected chi connectivity index (χ2v) is 18.2. The van der Waals surface area contributed by atoms with E-state index in [4.69, 9.17) is 13.9 Å². The van der Waals surface area contributed by atoms with E-state index in [0.717, 1.165) is 67.0 Å². The van der Waals surface area contributed by atoms with Crippen LogP contribution < -0.4 is 30.1 Å². The highest BCUT2D eigenvalue weighted by Gasteiger charge is 2.48. The minimum absolute atomic E-state index is 0.0112. The van der Waals surface area contributed by atoms with E-state index in [-0.39, 0.29) is 12.3 Å².